The summed E-state index contributed by atoms with van der Waals surface area (Å²) in [5.74, 6) is 1.17. The normalized spacial score (nSPS) is 25.1. The van der Waals surface area contributed by atoms with Gasteiger partial charge in [0, 0.05) is 25.6 Å². The molecular weight excluding hydrogens is 218 g/mol. The first-order chi connectivity index (χ1) is 8.36. The van der Waals surface area contributed by atoms with Gasteiger partial charge in [-0.05, 0) is 12.1 Å². The van der Waals surface area contributed by atoms with Gasteiger partial charge in [-0.3, -0.25) is 4.90 Å². The molecule has 1 aromatic rings. The van der Waals surface area contributed by atoms with Gasteiger partial charge in [-0.1, -0.05) is 6.07 Å². The van der Waals surface area contributed by atoms with Crippen LogP contribution in [0.1, 0.15) is 18.0 Å². The predicted octanol–water partition coefficient (Wildman–Crippen LogP) is 1.55. The van der Waals surface area contributed by atoms with E-state index in [2.05, 4.69) is 4.90 Å². The Balaban J connectivity index is 1.92. The Morgan fingerprint density at radius 2 is 2.00 bits per heavy atom. The van der Waals surface area contributed by atoms with Crippen LogP contribution in [-0.2, 0) is 4.74 Å². The first-order valence-electron chi connectivity index (χ1n) is 6.13. The van der Waals surface area contributed by atoms with Crippen LogP contribution >= 0.6 is 0 Å². The van der Waals surface area contributed by atoms with E-state index in [-0.39, 0.29) is 6.04 Å². The van der Waals surface area contributed by atoms with Gasteiger partial charge < -0.3 is 14.6 Å². The van der Waals surface area contributed by atoms with E-state index in [1.165, 1.54) is 0 Å². The predicted molar refractivity (Wildman–Crippen MR) is 63.4 cm³/mol. The van der Waals surface area contributed by atoms with Crippen molar-refractivity contribution in [2.24, 2.45) is 0 Å². The molecule has 0 spiro atoms. The fourth-order valence-electron chi connectivity index (χ4n) is 2.67. The zero-order valence-corrected chi connectivity index (χ0v) is 9.76. The molecule has 2 aliphatic heterocycles. The smallest absolute Gasteiger partial charge is 0.127 e. The van der Waals surface area contributed by atoms with Gasteiger partial charge in [-0.15, -0.1) is 0 Å². The average molecular weight is 235 g/mol. The molecule has 1 fully saturated rings. The number of phenols is 1. The Labute approximate surface area is 101 Å². The molecule has 92 valence electrons. The molecule has 4 heteroatoms. The van der Waals surface area contributed by atoms with Crippen molar-refractivity contribution in [2.75, 3.05) is 32.9 Å². The molecule has 4 nitrogen and oxygen atoms in total. The first-order valence-corrected chi connectivity index (χ1v) is 6.13. The van der Waals surface area contributed by atoms with Crippen molar-refractivity contribution in [3.05, 3.63) is 23.8 Å². The quantitative estimate of drug-likeness (QED) is 0.802. The van der Waals surface area contributed by atoms with E-state index in [1.54, 1.807) is 6.07 Å². The number of nitrogens with zero attached hydrogens (tertiary/aromatic N) is 1. The van der Waals surface area contributed by atoms with Gasteiger partial charge in [0.15, 0.2) is 0 Å². The van der Waals surface area contributed by atoms with Crippen LogP contribution in [0, 0.1) is 0 Å². The molecule has 1 saturated heterocycles. The van der Waals surface area contributed by atoms with E-state index in [0.29, 0.717) is 5.75 Å². The summed E-state index contributed by atoms with van der Waals surface area (Å²) in [5, 5.41) is 10.0. The Morgan fingerprint density at radius 1 is 1.18 bits per heavy atom. The lowest BCUT2D eigenvalue weighted by Crippen LogP contribution is -2.40. The molecule has 0 bridgehead atoms. The topological polar surface area (TPSA) is 41.9 Å². The van der Waals surface area contributed by atoms with Crippen LogP contribution in [0.2, 0.25) is 0 Å². The van der Waals surface area contributed by atoms with Crippen molar-refractivity contribution < 1.29 is 14.6 Å². The van der Waals surface area contributed by atoms with Crippen molar-refractivity contribution in [3.8, 4) is 11.5 Å². The van der Waals surface area contributed by atoms with Crippen molar-refractivity contribution in [1.82, 2.24) is 4.90 Å². The molecule has 0 amide bonds. The summed E-state index contributed by atoms with van der Waals surface area (Å²) in [6.45, 7) is 4.13. The average Bonchev–Trinajstić information content (AvgIpc) is 2.39. The van der Waals surface area contributed by atoms with Crippen molar-refractivity contribution in [1.29, 1.82) is 0 Å². The summed E-state index contributed by atoms with van der Waals surface area (Å²) in [4.78, 5) is 2.38. The fraction of sp³-hybridized carbons (Fsp3) is 0.538. The number of hydrogen-bond acceptors (Lipinski definition) is 4. The third-order valence-corrected chi connectivity index (χ3v) is 3.51. The fourth-order valence-corrected chi connectivity index (χ4v) is 2.67. The number of morpholine rings is 1. The lowest BCUT2D eigenvalue weighted by Gasteiger charge is -2.37. The minimum Gasteiger partial charge on any atom is -0.507 e. The van der Waals surface area contributed by atoms with Crippen molar-refractivity contribution >= 4 is 0 Å². The zero-order chi connectivity index (χ0) is 11.7. The second-order valence-electron chi connectivity index (χ2n) is 4.49. The molecule has 2 aliphatic rings. The standard InChI is InChI=1S/C13H17NO3/c15-11-2-1-3-12-13(11)10(4-7-17-12)14-5-8-16-9-6-14/h1-3,10,15H,4-9H2. The number of aromatic hydroxyl groups is 1. The molecule has 2 heterocycles. The van der Waals surface area contributed by atoms with Crippen LogP contribution in [-0.4, -0.2) is 42.9 Å². The highest BCUT2D eigenvalue weighted by Gasteiger charge is 2.30. The maximum Gasteiger partial charge on any atom is 0.127 e. The van der Waals surface area contributed by atoms with Gasteiger partial charge in [-0.25, -0.2) is 0 Å². The Bertz CT molecular complexity index is 402. The van der Waals surface area contributed by atoms with Gasteiger partial charge in [0.1, 0.15) is 11.5 Å². The van der Waals surface area contributed by atoms with Crippen LogP contribution in [0.5, 0.6) is 11.5 Å². The first kappa shape index (κ1) is 10.9. The maximum absolute atomic E-state index is 10.0. The van der Waals surface area contributed by atoms with Gasteiger partial charge in [0.2, 0.25) is 0 Å². The molecule has 1 atom stereocenters. The van der Waals surface area contributed by atoms with Gasteiger partial charge >= 0.3 is 0 Å². The summed E-state index contributed by atoms with van der Waals surface area (Å²) in [5.41, 5.74) is 0.945. The number of phenolic OH excluding ortho intramolecular Hbond substituents is 1. The van der Waals surface area contributed by atoms with Crippen LogP contribution in [0.15, 0.2) is 18.2 Å². The molecular formula is C13H17NO3. The molecule has 3 rings (SSSR count). The lowest BCUT2D eigenvalue weighted by molar-refractivity contribution is 0.00645. The maximum atomic E-state index is 10.0. The number of hydrogen-bond donors (Lipinski definition) is 1. The highest BCUT2D eigenvalue weighted by Crippen LogP contribution is 2.41. The Kier molecular flexibility index (Phi) is 2.91. The van der Waals surface area contributed by atoms with Crippen LogP contribution in [0.4, 0.5) is 0 Å². The lowest BCUT2D eigenvalue weighted by atomic mass is 9.97. The van der Waals surface area contributed by atoms with E-state index < -0.39 is 0 Å². The van der Waals surface area contributed by atoms with E-state index in [0.717, 1.165) is 50.6 Å². The number of fused-ring (bicyclic) bond motifs is 1. The Hall–Kier alpha value is -1.26. The zero-order valence-electron chi connectivity index (χ0n) is 9.76. The summed E-state index contributed by atoms with van der Waals surface area (Å²) in [6.07, 6.45) is 0.935. The molecule has 1 aromatic carbocycles. The monoisotopic (exact) mass is 235 g/mol. The minimum atomic E-state index is 0.267. The van der Waals surface area contributed by atoms with Crippen LogP contribution < -0.4 is 4.74 Å². The molecule has 17 heavy (non-hydrogen) atoms. The summed E-state index contributed by atoms with van der Waals surface area (Å²) < 4.78 is 11.0. The molecule has 0 saturated carbocycles. The van der Waals surface area contributed by atoms with E-state index in [9.17, 15) is 5.11 Å². The van der Waals surface area contributed by atoms with Gasteiger partial charge in [-0.2, -0.15) is 0 Å². The number of rotatable bonds is 1. The molecule has 1 unspecified atom stereocenters. The second-order valence-corrected chi connectivity index (χ2v) is 4.49. The molecule has 0 aromatic heterocycles. The summed E-state index contributed by atoms with van der Waals surface area (Å²) in [7, 11) is 0. The Morgan fingerprint density at radius 3 is 2.82 bits per heavy atom. The minimum absolute atomic E-state index is 0.267. The summed E-state index contributed by atoms with van der Waals surface area (Å²) >= 11 is 0. The van der Waals surface area contributed by atoms with Crippen LogP contribution in [0.3, 0.4) is 0 Å². The highest BCUT2D eigenvalue weighted by atomic mass is 16.5. The summed E-state index contributed by atoms with van der Waals surface area (Å²) in [6, 6.07) is 5.77. The number of benzene rings is 1. The third-order valence-electron chi connectivity index (χ3n) is 3.51. The SMILES string of the molecule is Oc1cccc2c1C(N1CCOCC1)CCO2. The van der Waals surface area contributed by atoms with E-state index >= 15 is 0 Å². The molecule has 0 radical (unpaired) electrons. The molecule has 0 aliphatic carbocycles. The molecule has 1 N–H and O–H groups in total. The van der Waals surface area contributed by atoms with Gasteiger partial charge in [0.05, 0.1) is 25.4 Å². The second kappa shape index (κ2) is 4.55. The van der Waals surface area contributed by atoms with Crippen molar-refractivity contribution in [2.45, 2.75) is 12.5 Å². The van der Waals surface area contributed by atoms with Crippen molar-refractivity contribution in [3.63, 3.8) is 0 Å². The van der Waals surface area contributed by atoms with E-state index in [4.69, 9.17) is 9.47 Å². The van der Waals surface area contributed by atoms with E-state index in [1.807, 2.05) is 12.1 Å². The highest BCUT2D eigenvalue weighted by molar-refractivity contribution is 5.47. The largest absolute Gasteiger partial charge is 0.507 e. The third kappa shape index (κ3) is 1.98. The van der Waals surface area contributed by atoms with Gasteiger partial charge in [0.25, 0.3) is 0 Å². The van der Waals surface area contributed by atoms with Crippen LogP contribution in [0.25, 0.3) is 0 Å². The number of ether oxygens (including phenoxy) is 2.